The lowest BCUT2D eigenvalue weighted by Gasteiger charge is -1.95. The van der Waals surface area contributed by atoms with Gasteiger partial charge in [0.1, 0.15) is 5.82 Å². The van der Waals surface area contributed by atoms with E-state index in [4.69, 9.17) is 0 Å². The number of aromatic nitrogens is 1. The van der Waals surface area contributed by atoms with Crippen molar-refractivity contribution < 1.29 is 4.39 Å². The quantitative estimate of drug-likeness (QED) is 0.561. The van der Waals surface area contributed by atoms with E-state index in [-0.39, 0.29) is 5.82 Å². The number of pyridine rings is 1. The molecular formula is C9H14FN. The fraction of sp³-hybridized carbons (Fsp3) is 0.444. The van der Waals surface area contributed by atoms with Crippen molar-refractivity contribution in [2.75, 3.05) is 0 Å². The summed E-state index contributed by atoms with van der Waals surface area (Å²) in [6.07, 6.45) is 3.03. The Morgan fingerprint density at radius 1 is 1.09 bits per heavy atom. The standard InChI is InChI=1S/C7H8FN.C2H6/c1-5-3-9-4-6(2)7(5)8;1-2/h3-4H,1-2H3;1-2H3. The number of hydrogen-bond acceptors (Lipinski definition) is 1. The predicted molar refractivity (Wildman–Crippen MR) is 45.0 cm³/mol. The molecule has 2 heteroatoms. The fourth-order valence-electron chi connectivity index (χ4n) is 0.685. The van der Waals surface area contributed by atoms with E-state index in [1.54, 1.807) is 13.8 Å². The molecule has 1 rings (SSSR count). The molecule has 1 nitrogen and oxygen atoms in total. The maximum Gasteiger partial charge on any atom is 0.132 e. The summed E-state index contributed by atoms with van der Waals surface area (Å²) in [5, 5.41) is 0. The van der Waals surface area contributed by atoms with Crippen LogP contribution in [0.4, 0.5) is 4.39 Å². The summed E-state index contributed by atoms with van der Waals surface area (Å²) < 4.78 is 12.7. The van der Waals surface area contributed by atoms with Crippen molar-refractivity contribution in [3.05, 3.63) is 29.3 Å². The van der Waals surface area contributed by atoms with Crippen LogP contribution in [0.3, 0.4) is 0 Å². The molecule has 1 aromatic rings. The Kier molecular flexibility index (Phi) is 4.42. The molecule has 0 saturated heterocycles. The number of hydrogen-bond donors (Lipinski definition) is 0. The minimum absolute atomic E-state index is 0.148. The second kappa shape index (κ2) is 4.83. The van der Waals surface area contributed by atoms with Crippen molar-refractivity contribution in [1.82, 2.24) is 4.98 Å². The molecule has 0 amide bonds. The lowest BCUT2D eigenvalue weighted by Crippen LogP contribution is -1.87. The molecule has 0 aliphatic carbocycles. The van der Waals surface area contributed by atoms with Crippen LogP contribution >= 0.6 is 0 Å². The molecule has 11 heavy (non-hydrogen) atoms. The molecule has 0 unspecified atom stereocenters. The molecule has 62 valence electrons. The minimum atomic E-state index is -0.148. The van der Waals surface area contributed by atoms with Crippen molar-refractivity contribution in [1.29, 1.82) is 0 Å². The zero-order chi connectivity index (χ0) is 8.85. The fourth-order valence-corrected chi connectivity index (χ4v) is 0.685. The van der Waals surface area contributed by atoms with Gasteiger partial charge < -0.3 is 0 Å². The van der Waals surface area contributed by atoms with E-state index in [1.165, 1.54) is 12.4 Å². The van der Waals surface area contributed by atoms with E-state index in [1.807, 2.05) is 13.8 Å². The van der Waals surface area contributed by atoms with Crippen molar-refractivity contribution in [3.8, 4) is 0 Å². The summed E-state index contributed by atoms with van der Waals surface area (Å²) in [5.74, 6) is -0.148. The number of halogens is 1. The van der Waals surface area contributed by atoms with Gasteiger partial charge in [-0.3, -0.25) is 4.98 Å². The summed E-state index contributed by atoms with van der Waals surface area (Å²) in [4.78, 5) is 3.80. The largest absolute Gasteiger partial charge is 0.264 e. The first-order valence-electron chi connectivity index (χ1n) is 3.78. The van der Waals surface area contributed by atoms with E-state index in [2.05, 4.69) is 4.98 Å². The third kappa shape index (κ3) is 2.66. The minimum Gasteiger partial charge on any atom is -0.264 e. The summed E-state index contributed by atoms with van der Waals surface area (Å²) in [6.45, 7) is 7.41. The predicted octanol–water partition coefficient (Wildman–Crippen LogP) is 2.86. The Hall–Kier alpha value is -0.920. The van der Waals surface area contributed by atoms with Gasteiger partial charge in [0.25, 0.3) is 0 Å². The van der Waals surface area contributed by atoms with Crippen LogP contribution in [0.1, 0.15) is 25.0 Å². The average Bonchev–Trinajstić information content (AvgIpc) is 2.04. The van der Waals surface area contributed by atoms with Crippen LogP contribution in [0, 0.1) is 19.7 Å². The number of nitrogens with zero attached hydrogens (tertiary/aromatic N) is 1. The van der Waals surface area contributed by atoms with Crippen LogP contribution in [0.25, 0.3) is 0 Å². The summed E-state index contributed by atoms with van der Waals surface area (Å²) in [7, 11) is 0. The van der Waals surface area contributed by atoms with Gasteiger partial charge >= 0.3 is 0 Å². The number of rotatable bonds is 0. The van der Waals surface area contributed by atoms with Gasteiger partial charge in [0, 0.05) is 23.5 Å². The first-order valence-corrected chi connectivity index (χ1v) is 3.78. The molecule has 0 aliphatic rings. The number of aryl methyl sites for hydroxylation is 2. The zero-order valence-corrected chi connectivity index (χ0v) is 7.48. The maximum atomic E-state index is 12.7. The van der Waals surface area contributed by atoms with Gasteiger partial charge in [-0.1, -0.05) is 13.8 Å². The smallest absolute Gasteiger partial charge is 0.132 e. The van der Waals surface area contributed by atoms with E-state index >= 15 is 0 Å². The highest BCUT2D eigenvalue weighted by molar-refractivity contribution is 5.17. The molecule has 0 spiro atoms. The molecule has 0 bridgehead atoms. The Bertz CT molecular complexity index is 201. The highest BCUT2D eigenvalue weighted by Crippen LogP contribution is 2.06. The van der Waals surface area contributed by atoms with Crippen LogP contribution < -0.4 is 0 Å². The maximum absolute atomic E-state index is 12.7. The molecular weight excluding hydrogens is 141 g/mol. The van der Waals surface area contributed by atoms with Crippen molar-refractivity contribution in [2.24, 2.45) is 0 Å². The molecule has 0 atom stereocenters. The lowest BCUT2D eigenvalue weighted by molar-refractivity contribution is 0.606. The summed E-state index contributed by atoms with van der Waals surface area (Å²) in [6, 6.07) is 0. The van der Waals surface area contributed by atoms with E-state index < -0.39 is 0 Å². The normalized spacial score (nSPS) is 8.45. The molecule has 1 aromatic heterocycles. The Morgan fingerprint density at radius 3 is 1.73 bits per heavy atom. The van der Waals surface area contributed by atoms with E-state index in [0.29, 0.717) is 11.1 Å². The summed E-state index contributed by atoms with van der Waals surface area (Å²) >= 11 is 0. The zero-order valence-electron chi connectivity index (χ0n) is 7.48. The second-order valence-corrected chi connectivity index (χ2v) is 2.09. The van der Waals surface area contributed by atoms with Gasteiger partial charge in [0.2, 0.25) is 0 Å². The highest BCUT2D eigenvalue weighted by atomic mass is 19.1. The molecule has 0 aromatic carbocycles. The Balaban J connectivity index is 0.000000461. The van der Waals surface area contributed by atoms with Crippen LogP contribution in [0.5, 0.6) is 0 Å². The topological polar surface area (TPSA) is 12.9 Å². The molecule has 0 fully saturated rings. The van der Waals surface area contributed by atoms with Gasteiger partial charge in [-0.25, -0.2) is 4.39 Å². The van der Waals surface area contributed by atoms with Crippen molar-refractivity contribution >= 4 is 0 Å². The molecule has 1 heterocycles. The second-order valence-electron chi connectivity index (χ2n) is 2.09. The van der Waals surface area contributed by atoms with Crippen LogP contribution in [-0.2, 0) is 0 Å². The Morgan fingerprint density at radius 2 is 1.45 bits per heavy atom. The lowest BCUT2D eigenvalue weighted by atomic mass is 10.2. The van der Waals surface area contributed by atoms with Gasteiger partial charge in [-0.15, -0.1) is 0 Å². The molecule has 0 N–H and O–H groups in total. The van der Waals surface area contributed by atoms with E-state index in [0.717, 1.165) is 0 Å². The third-order valence-corrected chi connectivity index (χ3v) is 1.23. The van der Waals surface area contributed by atoms with Crippen LogP contribution in [0.15, 0.2) is 12.4 Å². The van der Waals surface area contributed by atoms with Gasteiger partial charge in [0.05, 0.1) is 0 Å². The van der Waals surface area contributed by atoms with Gasteiger partial charge in [-0.2, -0.15) is 0 Å². The SMILES string of the molecule is CC.Cc1cncc(C)c1F. The molecule has 0 aliphatic heterocycles. The van der Waals surface area contributed by atoms with E-state index in [9.17, 15) is 4.39 Å². The Labute approximate surface area is 67.3 Å². The molecule has 0 saturated carbocycles. The summed E-state index contributed by atoms with van der Waals surface area (Å²) in [5.41, 5.74) is 1.21. The van der Waals surface area contributed by atoms with Gasteiger partial charge in [0.15, 0.2) is 0 Å². The third-order valence-electron chi connectivity index (χ3n) is 1.23. The average molecular weight is 155 g/mol. The molecule has 0 radical (unpaired) electrons. The monoisotopic (exact) mass is 155 g/mol. The highest BCUT2D eigenvalue weighted by Gasteiger charge is 1.97. The first kappa shape index (κ1) is 10.1. The van der Waals surface area contributed by atoms with Crippen LogP contribution in [0.2, 0.25) is 0 Å². The van der Waals surface area contributed by atoms with Gasteiger partial charge in [-0.05, 0) is 13.8 Å². The van der Waals surface area contributed by atoms with Crippen molar-refractivity contribution in [3.63, 3.8) is 0 Å². The van der Waals surface area contributed by atoms with Crippen LogP contribution in [-0.4, -0.2) is 4.98 Å². The first-order chi connectivity index (χ1) is 5.22. The van der Waals surface area contributed by atoms with Crippen molar-refractivity contribution in [2.45, 2.75) is 27.7 Å².